The standard InChI is InChI=1S/C21H21Cl3N2O4/c22-15-9-16(23)11-17(10-15)26-20(28)30-13-21(5-7-29-8-6-21)19(27)25-12-14-3-1-2-4-18(14)24/h1-4,9-11H,5-8,12-13H2,(H,25,27)(H,26,28). The van der Waals surface area contributed by atoms with E-state index in [0.717, 1.165) is 5.56 Å². The normalized spacial score (nSPS) is 15.3. The molecule has 2 amide bonds. The first-order valence-electron chi connectivity index (χ1n) is 9.37. The number of nitrogens with one attached hydrogen (secondary N) is 2. The number of halogens is 3. The summed E-state index contributed by atoms with van der Waals surface area (Å²) in [5.74, 6) is -0.204. The first-order valence-corrected chi connectivity index (χ1v) is 10.5. The van der Waals surface area contributed by atoms with Crippen molar-refractivity contribution in [2.24, 2.45) is 5.41 Å². The summed E-state index contributed by atoms with van der Waals surface area (Å²) in [4.78, 5) is 25.3. The fourth-order valence-corrected chi connectivity index (χ4v) is 3.92. The Balaban J connectivity index is 1.62. The maximum atomic E-state index is 13.0. The van der Waals surface area contributed by atoms with Crippen LogP contribution in [0.25, 0.3) is 0 Å². The van der Waals surface area contributed by atoms with Gasteiger partial charge in [-0.15, -0.1) is 0 Å². The molecule has 0 unspecified atom stereocenters. The van der Waals surface area contributed by atoms with Gasteiger partial charge in [0.2, 0.25) is 5.91 Å². The topological polar surface area (TPSA) is 76.7 Å². The number of hydrogen-bond acceptors (Lipinski definition) is 4. The van der Waals surface area contributed by atoms with Gasteiger partial charge >= 0.3 is 6.09 Å². The molecule has 3 rings (SSSR count). The van der Waals surface area contributed by atoms with E-state index in [2.05, 4.69) is 10.6 Å². The molecule has 0 saturated carbocycles. The summed E-state index contributed by atoms with van der Waals surface area (Å²) in [7, 11) is 0. The second-order valence-electron chi connectivity index (χ2n) is 7.03. The van der Waals surface area contributed by atoms with Gasteiger partial charge in [0.25, 0.3) is 0 Å². The summed E-state index contributed by atoms with van der Waals surface area (Å²) >= 11 is 18.0. The average molecular weight is 472 g/mol. The van der Waals surface area contributed by atoms with Crippen molar-refractivity contribution in [1.29, 1.82) is 0 Å². The zero-order chi connectivity index (χ0) is 21.6. The minimum absolute atomic E-state index is 0.0785. The van der Waals surface area contributed by atoms with Crippen LogP contribution >= 0.6 is 34.8 Å². The quantitative estimate of drug-likeness (QED) is 0.599. The lowest BCUT2D eigenvalue weighted by Gasteiger charge is -2.35. The molecule has 0 aromatic heterocycles. The fraction of sp³-hybridized carbons (Fsp3) is 0.333. The van der Waals surface area contributed by atoms with Crippen LogP contribution in [-0.2, 0) is 20.8 Å². The van der Waals surface area contributed by atoms with Crippen molar-refractivity contribution in [2.75, 3.05) is 25.1 Å². The van der Waals surface area contributed by atoms with Crippen LogP contribution in [0.5, 0.6) is 0 Å². The highest BCUT2D eigenvalue weighted by atomic mass is 35.5. The highest BCUT2D eigenvalue weighted by molar-refractivity contribution is 6.35. The van der Waals surface area contributed by atoms with Crippen LogP contribution in [-0.4, -0.2) is 31.8 Å². The lowest BCUT2D eigenvalue weighted by atomic mass is 9.80. The van der Waals surface area contributed by atoms with Gasteiger partial charge in [0.1, 0.15) is 6.61 Å². The van der Waals surface area contributed by atoms with E-state index in [1.165, 1.54) is 0 Å². The third kappa shape index (κ3) is 6.01. The van der Waals surface area contributed by atoms with Crippen LogP contribution in [0.1, 0.15) is 18.4 Å². The van der Waals surface area contributed by atoms with E-state index in [1.54, 1.807) is 24.3 Å². The second kappa shape index (κ2) is 10.4. The average Bonchev–Trinajstić information content (AvgIpc) is 2.71. The van der Waals surface area contributed by atoms with E-state index < -0.39 is 11.5 Å². The predicted molar refractivity (Wildman–Crippen MR) is 117 cm³/mol. The first-order chi connectivity index (χ1) is 14.4. The third-order valence-corrected chi connectivity index (χ3v) is 5.72. The molecule has 0 bridgehead atoms. The molecule has 1 aliphatic heterocycles. The molecule has 6 nitrogen and oxygen atoms in total. The molecular weight excluding hydrogens is 451 g/mol. The molecule has 2 aromatic carbocycles. The first kappa shape index (κ1) is 22.7. The molecule has 1 aliphatic rings. The molecule has 0 spiro atoms. The van der Waals surface area contributed by atoms with Crippen molar-refractivity contribution in [3.8, 4) is 0 Å². The van der Waals surface area contributed by atoms with Gasteiger partial charge in [-0.25, -0.2) is 4.79 Å². The molecule has 1 heterocycles. The minimum atomic E-state index is -0.872. The lowest BCUT2D eigenvalue weighted by Crippen LogP contribution is -2.48. The highest BCUT2D eigenvalue weighted by Gasteiger charge is 2.41. The summed E-state index contributed by atoms with van der Waals surface area (Å²) in [6, 6.07) is 12.0. The van der Waals surface area contributed by atoms with Gasteiger partial charge in [-0.3, -0.25) is 10.1 Å². The van der Waals surface area contributed by atoms with Gasteiger partial charge < -0.3 is 14.8 Å². The van der Waals surface area contributed by atoms with E-state index in [1.807, 2.05) is 18.2 Å². The highest BCUT2D eigenvalue weighted by Crippen LogP contribution is 2.32. The summed E-state index contributed by atoms with van der Waals surface area (Å²) in [5.41, 5.74) is 0.343. The number of amides is 2. The Hall–Kier alpha value is -1.99. The molecule has 1 fully saturated rings. The SMILES string of the molecule is O=C(Nc1cc(Cl)cc(Cl)c1)OCC1(C(=O)NCc2ccccc2Cl)CCOCC1. The van der Waals surface area contributed by atoms with E-state index in [-0.39, 0.29) is 19.1 Å². The molecule has 160 valence electrons. The zero-order valence-electron chi connectivity index (χ0n) is 16.1. The monoisotopic (exact) mass is 470 g/mol. The fourth-order valence-electron chi connectivity index (χ4n) is 3.19. The summed E-state index contributed by atoms with van der Waals surface area (Å²) < 4.78 is 10.8. The molecule has 0 atom stereocenters. The van der Waals surface area contributed by atoms with Gasteiger partial charge in [0, 0.05) is 40.5 Å². The van der Waals surface area contributed by atoms with Crippen molar-refractivity contribution in [3.05, 3.63) is 63.1 Å². The van der Waals surface area contributed by atoms with Crippen LogP contribution in [0.15, 0.2) is 42.5 Å². The number of anilines is 1. The molecule has 2 aromatic rings. The Bertz CT molecular complexity index is 897. The maximum absolute atomic E-state index is 13.0. The van der Waals surface area contributed by atoms with E-state index in [9.17, 15) is 9.59 Å². The predicted octanol–water partition coefficient (Wildman–Crippen LogP) is 5.31. The van der Waals surface area contributed by atoms with Gasteiger partial charge in [-0.2, -0.15) is 0 Å². The Morgan fingerprint density at radius 1 is 1.03 bits per heavy atom. The number of carbonyl (C=O) groups excluding carboxylic acids is 2. The molecule has 1 saturated heterocycles. The number of hydrogen-bond donors (Lipinski definition) is 2. The number of carbonyl (C=O) groups is 2. The number of rotatable bonds is 6. The maximum Gasteiger partial charge on any atom is 0.411 e. The van der Waals surface area contributed by atoms with Crippen molar-refractivity contribution in [1.82, 2.24) is 5.32 Å². The summed E-state index contributed by atoms with van der Waals surface area (Å²) in [6.45, 7) is 1.03. The van der Waals surface area contributed by atoms with Gasteiger partial charge in [-0.1, -0.05) is 53.0 Å². The van der Waals surface area contributed by atoms with Crippen LogP contribution in [0.2, 0.25) is 15.1 Å². The minimum Gasteiger partial charge on any atom is -0.448 e. The zero-order valence-corrected chi connectivity index (χ0v) is 18.3. The van der Waals surface area contributed by atoms with Crippen molar-refractivity contribution in [3.63, 3.8) is 0 Å². The largest absolute Gasteiger partial charge is 0.448 e. The number of ether oxygens (including phenoxy) is 2. The van der Waals surface area contributed by atoms with Gasteiger partial charge in [0.05, 0.1) is 5.41 Å². The van der Waals surface area contributed by atoms with E-state index in [4.69, 9.17) is 44.3 Å². The molecule has 9 heteroatoms. The van der Waals surface area contributed by atoms with Gasteiger partial charge in [0.15, 0.2) is 0 Å². The molecule has 2 N–H and O–H groups in total. The van der Waals surface area contributed by atoms with Crippen molar-refractivity contribution < 1.29 is 19.1 Å². The Kier molecular flexibility index (Phi) is 7.83. The van der Waals surface area contributed by atoms with E-state index >= 15 is 0 Å². The van der Waals surface area contributed by atoms with Crippen LogP contribution in [0.3, 0.4) is 0 Å². The summed E-state index contributed by atoms with van der Waals surface area (Å²) in [5, 5.41) is 6.84. The Morgan fingerprint density at radius 3 is 2.37 bits per heavy atom. The van der Waals surface area contributed by atoms with Crippen LogP contribution in [0.4, 0.5) is 10.5 Å². The second-order valence-corrected chi connectivity index (χ2v) is 8.31. The Labute approximate surface area is 189 Å². The van der Waals surface area contributed by atoms with Gasteiger partial charge in [-0.05, 0) is 42.7 Å². The molecule has 0 aliphatic carbocycles. The molecular formula is C21H21Cl3N2O4. The van der Waals surface area contributed by atoms with Crippen LogP contribution < -0.4 is 10.6 Å². The van der Waals surface area contributed by atoms with Crippen LogP contribution in [0, 0.1) is 5.41 Å². The van der Waals surface area contributed by atoms with Crippen molar-refractivity contribution in [2.45, 2.75) is 19.4 Å². The number of benzene rings is 2. The molecule has 0 radical (unpaired) electrons. The summed E-state index contributed by atoms with van der Waals surface area (Å²) in [6.07, 6.45) is 0.188. The third-order valence-electron chi connectivity index (χ3n) is 4.92. The smallest absolute Gasteiger partial charge is 0.411 e. The van der Waals surface area contributed by atoms with E-state index in [0.29, 0.717) is 46.8 Å². The van der Waals surface area contributed by atoms with Crippen molar-refractivity contribution >= 4 is 52.5 Å². The lowest BCUT2D eigenvalue weighted by molar-refractivity contribution is -0.140. The molecule has 30 heavy (non-hydrogen) atoms. The Morgan fingerprint density at radius 2 is 1.70 bits per heavy atom.